The molecule has 0 aromatic heterocycles. The molecule has 0 saturated carbocycles. The zero-order chi connectivity index (χ0) is 15.6. The van der Waals surface area contributed by atoms with Crippen LogP contribution >= 0.6 is 11.6 Å². The number of hydrogen-bond acceptors (Lipinski definition) is 3. The molecule has 5 nitrogen and oxygen atoms in total. The summed E-state index contributed by atoms with van der Waals surface area (Å²) < 4.78 is 39.3. The summed E-state index contributed by atoms with van der Waals surface area (Å²) >= 11 is 5.68. The van der Waals surface area contributed by atoms with Gasteiger partial charge in [-0.25, -0.2) is 17.6 Å². The largest absolute Gasteiger partial charge is 0.478 e. The molecule has 0 amide bonds. The molecular weight excluding hydrogens is 321 g/mol. The Labute approximate surface area is 125 Å². The third kappa shape index (κ3) is 3.50. The third-order valence-electron chi connectivity index (χ3n) is 2.57. The summed E-state index contributed by atoms with van der Waals surface area (Å²) in [5, 5.41) is 8.87. The number of benzene rings is 2. The van der Waals surface area contributed by atoms with Crippen molar-refractivity contribution in [3.63, 3.8) is 0 Å². The fourth-order valence-electron chi connectivity index (χ4n) is 1.57. The van der Waals surface area contributed by atoms with Crippen LogP contribution in [0, 0.1) is 5.82 Å². The zero-order valence-electron chi connectivity index (χ0n) is 10.4. The highest BCUT2D eigenvalue weighted by Crippen LogP contribution is 2.22. The van der Waals surface area contributed by atoms with Gasteiger partial charge < -0.3 is 5.11 Å². The molecule has 0 unspecified atom stereocenters. The van der Waals surface area contributed by atoms with Gasteiger partial charge in [0.05, 0.1) is 15.5 Å². The molecule has 2 rings (SSSR count). The summed E-state index contributed by atoms with van der Waals surface area (Å²) in [5.74, 6) is -1.84. The molecule has 0 atom stereocenters. The monoisotopic (exact) mass is 329 g/mol. The predicted molar refractivity (Wildman–Crippen MR) is 75.6 cm³/mol. The summed E-state index contributed by atoms with van der Waals surface area (Å²) in [6.07, 6.45) is 0. The minimum Gasteiger partial charge on any atom is -0.478 e. The molecule has 2 aromatic rings. The standard InChI is InChI=1S/C13H9ClFNO4S/c14-12-6-5-10(7-11(12)13(17)18)21(19,20)16-9-3-1-8(15)2-4-9/h1-7,16H,(H,17,18). The van der Waals surface area contributed by atoms with Gasteiger partial charge in [0.2, 0.25) is 0 Å². The van der Waals surface area contributed by atoms with Gasteiger partial charge in [-0.15, -0.1) is 0 Å². The van der Waals surface area contributed by atoms with Gasteiger partial charge in [-0.3, -0.25) is 4.72 Å². The van der Waals surface area contributed by atoms with Gasteiger partial charge in [-0.2, -0.15) is 0 Å². The maximum atomic E-state index is 12.8. The van der Waals surface area contributed by atoms with Gasteiger partial charge in [-0.1, -0.05) is 11.6 Å². The molecule has 0 radical (unpaired) electrons. The molecule has 0 aliphatic carbocycles. The minimum atomic E-state index is -3.99. The van der Waals surface area contributed by atoms with E-state index in [4.69, 9.17) is 16.7 Å². The first-order valence-electron chi connectivity index (χ1n) is 5.61. The second kappa shape index (κ2) is 5.71. The van der Waals surface area contributed by atoms with Crippen LogP contribution in [0.3, 0.4) is 0 Å². The van der Waals surface area contributed by atoms with E-state index in [1.54, 1.807) is 0 Å². The van der Waals surface area contributed by atoms with Crippen molar-refractivity contribution in [3.8, 4) is 0 Å². The van der Waals surface area contributed by atoms with E-state index in [0.717, 1.165) is 18.2 Å². The van der Waals surface area contributed by atoms with Crippen molar-refractivity contribution in [2.24, 2.45) is 0 Å². The molecular formula is C13H9ClFNO4S. The van der Waals surface area contributed by atoms with Gasteiger partial charge >= 0.3 is 5.97 Å². The first-order valence-corrected chi connectivity index (χ1v) is 7.47. The van der Waals surface area contributed by atoms with Crippen LogP contribution in [0.15, 0.2) is 47.4 Å². The third-order valence-corrected chi connectivity index (χ3v) is 4.28. The average molecular weight is 330 g/mol. The number of carbonyl (C=O) groups is 1. The Kier molecular flexibility index (Phi) is 4.15. The number of nitrogens with one attached hydrogen (secondary N) is 1. The van der Waals surface area contributed by atoms with Crippen molar-refractivity contribution in [2.45, 2.75) is 4.90 Å². The Morgan fingerprint density at radius 3 is 2.33 bits per heavy atom. The van der Waals surface area contributed by atoms with Crippen molar-refractivity contribution in [3.05, 3.63) is 58.9 Å². The lowest BCUT2D eigenvalue weighted by Gasteiger charge is -2.09. The Bertz CT molecular complexity index is 790. The molecule has 0 bridgehead atoms. The number of carboxylic acids is 1. The van der Waals surface area contributed by atoms with Crippen LogP contribution < -0.4 is 4.72 Å². The Balaban J connectivity index is 2.38. The van der Waals surface area contributed by atoms with Crippen LogP contribution in [0.25, 0.3) is 0 Å². The predicted octanol–water partition coefficient (Wildman–Crippen LogP) is 2.98. The summed E-state index contributed by atoms with van der Waals surface area (Å²) in [6.45, 7) is 0. The van der Waals surface area contributed by atoms with Crippen LogP contribution in [0.1, 0.15) is 10.4 Å². The molecule has 0 spiro atoms. The van der Waals surface area contributed by atoms with Crippen LogP contribution in [0.2, 0.25) is 5.02 Å². The number of rotatable bonds is 4. The number of hydrogen-bond donors (Lipinski definition) is 2. The highest BCUT2D eigenvalue weighted by atomic mass is 35.5. The van der Waals surface area contributed by atoms with E-state index >= 15 is 0 Å². The SMILES string of the molecule is O=C(O)c1cc(S(=O)(=O)Nc2ccc(F)cc2)ccc1Cl. The molecule has 21 heavy (non-hydrogen) atoms. The molecule has 2 aromatic carbocycles. The van der Waals surface area contributed by atoms with E-state index in [9.17, 15) is 17.6 Å². The van der Waals surface area contributed by atoms with Crippen LogP contribution in [0.4, 0.5) is 10.1 Å². The molecule has 0 heterocycles. The Morgan fingerprint density at radius 2 is 1.76 bits per heavy atom. The van der Waals surface area contributed by atoms with Gasteiger partial charge in [0.25, 0.3) is 10.0 Å². The summed E-state index contributed by atoms with van der Waals surface area (Å²) in [6, 6.07) is 8.02. The Hall–Kier alpha value is -2.12. The lowest BCUT2D eigenvalue weighted by Crippen LogP contribution is -2.14. The van der Waals surface area contributed by atoms with Crippen LogP contribution in [0.5, 0.6) is 0 Å². The van der Waals surface area contributed by atoms with Crippen LogP contribution in [-0.4, -0.2) is 19.5 Å². The quantitative estimate of drug-likeness (QED) is 0.903. The molecule has 110 valence electrons. The normalized spacial score (nSPS) is 11.1. The zero-order valence-corrected chi connectivity index (χ0v) is 12.0. The molecule has 8 heteroatoms. The topological polar surface area (TPSA) is 83.5 Å². The fourth-order valence-corrected chi connectivity index (χ4v) is 2.85. The van der Waals surface area contributed by atoms with Crippen molar-refractivity contribution < 1.29 is 22.7 Å². The van der Waals surface area contributed by atoms with Crippen molar-refractivity contribution in [2.75, 3.05) is 4.72 Å². The van der Waals surface area contributed by atoms with Crippen molar-refractivity contribution in [1.29, 1.82) is 0 Å². The number of carboxylic acid groups (broad SMARTS) is 1. The smallest absolute Gasteiger partial charge is 0.337 e. The van der Waals surface area contributed by atoms with E-state index in [1.807, 2.05) is 0 Å². The molecule has 0 saturated heterocycles. The lowest BCUT2D eigenvalue weighted by atomic mass is 10.2. The van der Waals surface area contributed by atoms with Gasteiger partial charge in [-0.05, 0) is 42.5 Å². The van der Waals surface area contributed by atoms with Crippen LogP contribution in [-0.2, 0) is 10.0 Å². The summed E-state index contributed by atoms with van der Waals surface area (Å²) in [4.78, 5) is 10.7. The molecule has 0 fully saturated rings. The number of aromatic carboxylic acids is 1. The van der Waals surface area contributed by atoms with Gasteiger partial charge in [0.1, 0.15) is 5.82 Å². The summed E-state index contributed by atoms with van der Waals surface area (Å²) in [5.41, 5.74) is -0.165. The first kappa shape index (κ1) is 15.3. The average Bonchev–Trinajstić information content (AvgIpc) is 2.41. The number of anilines is 1. The molecule has 0 aliphatic rings. The molecule has 2 N–H and O–H groups in total. The second-order valence-corrected chi connectivity index (χ2v) is 6.15. The maximum absolute atomic E-state index is 12.8. The Morgan fingerprint density at radius 1 is 1.14 bits per heavy atom. The van der Waals surface area contributed by atoms with E-state index < -0.39 is 21.8 Å². The second-order valence-electron chi connectivity index (χ2n) is 4.06. The van der Waals surface area contributed by atoms with Crippen molar-refractivity contribution in [1.82, 2.24) is 0 Å². The maximum Gasteiger partial charge on any atom is 0.337 e. The lowest BCUT2D eigenvalue weighted by molar-refractivity contribution is 0.0697. The minimum absolute atomic E-state index is 0.0665. The highest BCUT2D eigenvalue weighted by molar-refractivity contribution is 7.92. The fraction of sp³-hybridized carbons (Fsp3) is 0. The molecule has 0 aliphatic heterocycles. The van der Waals surface area contributed by atoms with Crippen molar-refractivity contribution >= 4 is 33.3 Å². The van der Waals surface area contributed by atoms with Gasteiger partial charge in [0.15, 0.2) is 0 Å². The first-order chi connectivity index (χ1) is 9.79. The summed E-state index contributed by atoms with van der Waals surface area (Å²) in [7, 11) is -3.99. The van der Waals surface area contributed by atoms with E-state index in [0.29, 0.717) is 0 Å². The number of halogens is 2. The highest BCUT2D eigenvalue weighted by Gasteiger charge is 2.18. The van der Waals surface area contributed by atoms with Gasteiger partial charge in [0, 0.05) is 5.69 Å². The van der Waals surface area contributed by atoms with E-state index in [2.05, 4.69) is 4.72 Å². The van der Waals surface area contributed by atoms with E-state index in [1.165, 1.54) is 24.3 Å². The van der Waals surface area contributed by atoms with E-state index in [-0.39, 0.29) is 21.2 Å². The number of sulfonamides is 1.